The Balaban J connectivity index is 2.66. The van der Waals surface area contributed by atoms with Crippen LogP contribution in [0.5, 0.6) is 0 Å². The van der Waals surface area contributed by atoms with E-state index in [-0.39, 0.29) is 11.5 Å². The van der Waals surface area contributed by atoms with Gasteiger partial charge >= 0.3 is 24.2 Å². The maximum absolute atomic E-state index is 14.3. The maximum Gasteiger partial charge on any atom is 0.435 e. The summed E-state index contributed by atoms with van der Waals surface area (Å²) in [5.41, 5.74) is -9.93. The molecule has 156 valence electrons. The summed E-state index contributed by atoms with van der Waals surface area (Å²) >= 11 is 0. The van der Waals surface area contributed by atoms with Crippen molar-refractivity contribution in [3.05, 3.63) is 65.7 Å². The first kappa shape index (κ1) is 22.8. The fourth-order valence-electron chi connectivity index (χ4n) is 2.51. The van der Waals surface area contributed by atoms with E-state index in [1.165, 1.54) is 30.3 Å². The molecule has 2 rings (SSSR count). The van der Waals surface area contributed by atoms with Crippen molar-refractivity contribution in [2.45, 2.75) is 24.2 Å². The standard InChI is InChI=1S/C18H10BF10/c1-2-10-3-5-13(6-4-10)19-14-8-11(7-12(9-14)16(21,22)23)15(20,17(24,25)26)18(27,28)29/h2-9H,1H2/q-1. The molecule has 2 aromatic rings. The Labute approximate surface area is 159 Å². The number of hydrogen-bond donors (Lipinski definition) is 0. The number of hydrogen-bond acceptors (Lipinski definition) is 0. The van der Waals surface area contributed by atoms with Crippen molar-refractivity contribution >= 4 is 24.3 Å². The van der Waals surface area contributed by atoms with Crippen molar-refractivity contribution in [3.8, 4) is 0 Å². The van der Waals surface area contributed by atoms with Crippen LogP contribution in [0.15, 0.2) is 49.0 Å². The summed E-state index contributed by atoms with van der Waals surface area (Å²) in [4.78, 5) is 0. The zero-order valence-corrected chi connectivity index (χ0v) is 14.2. The molecule has 2 aromatic carbocycles. The summed E-state index contributed by atoms with van der Waals surface area (Å²) in [7, 11) is 0.902. The Kier molecular flexibility index (Phi) is 5.84. The molecule has 0 aliphatic carbocycles. The van der Waals surface area contributed by atoms with E-state index in [4.69, 9.17) is 0 Å². The lowest BCUT2D eigenvalue weighted by atomic mass is 9.63. The molecule has 0 nitrogen and oxygen atoms in total. The van der Waals surface area contributed by atoms with Gasteiger partial charge in [0.15, 0.2) is 0 Å². The number of halogens is 10. The largest absolute Gasteiger partial charge is 0.435 e. The van der Waals surface area contributed by atoms with Gasteiger partial charge in [-0.3, -0.25) is 18.2 Å². The second kappa shape index (κ2) is 7.42. The highest BCUT2D eigenvalue weighted by atomic mass is 19.4. The van der Waals surface area contributed by atoms with Gasteiger partial charge in [0.1, 0.15) is 0 Å². The Bertz CT molecular complexity index is 861. The predicted molar refractivity (Wildman–Crippen MR) is 87.9 cm³/mol. The van der Waals surface area contributed by atoms with E-state index in [1.54, 1.807) is 0 Å². The van der Waals surface area contributed by atoms with Gasteiger partial charge in [0.25, 0.3) is 0 Å². The monoisotopic (exact) mass is 427 g/mol. The van der Waals surface area contributed by atoms with Crippen LogP contribution in [-0.2, 0) is 11.8 Å². The molecule has 0 spiro atoms. The van der Waals surface area contributed by atoms with Crippen LogP contribution in [-0.4, -0.2) is 19.6 Å². The van der Waals surface area contributed by atoms with E-state index in [1.807, 2.05) is 0 Å². The molecule has 0 heterocycles. The zero-order valence-electron chi connectivity index (χ0n) is 14.2. The number of rotatable bonds is 4. The highest BCUT2D eigenvalue weighted by Crippen LogP contribution is 2.53. The van der Waals surface area contributed by atoms with Crippen molar-refractivity contribution in [3.63, 3.8) is 0 Å². The Morgan fingerprint density at radius 3 is 1.55 bits per heavy atom. The SMILES string of the molecule is C=Cc1ccc([B-]c2cc(C(F)(F)F)cc(C(F)(C(F)(F)F)C(F)(F)F)c2)cc1. The Morgan fingerprint density at radius 2 is 1.14 bits per heavy atom. The van der Waals surface area contributed by atoms with E-state index in [9.17, 15) is 43.9 Å². The summed E-state index contributed by atoms with van der Waals surface area (Å²) in [5, 5.41) is 0. The quantitative estimate of drug-likeness (QED) is 0.460. The fraction of sp³-hybridized carbons (Fsp3) is 0.222. The molecule has 0 saturated carbocycles. The van der Waals surface area contributed by atoms with Crippen LogP contribution in [0.2, 0.25) is 0 Å². The maximum atomic E-state index is 14.3. The first-order valence-corrected chi connectivity index (χ1v) is 7.72. The minimum absolute atomic E-state index is 0.0949. The molecule has 0 fully saturated rings. The smallest absolute Gasteiger partial charge is 0.275 e. The Morgan fingerprint density at radius 1 is 0.655 bits per heavy atom. The third kappa shape index (κ3) is 4.59. The predicted octanol–water partition coefficient (Wildman–Crippen LogP) is 5.29. The molecule has 0 unspecified atom stereocenters. The van der Waals surface area contributed by atoms with E-state index in [0.717, 1.165) is 7.28 Å². The third-order valence-electron chi connectivity index (χ3n) is 3.97. The minimum atomic E-state index is -6.53. The molecule has 0 aromatic heterocycles. The molecular formula is C18H10BF10-. The molecule has 0 saturated heterocycles. The van der Waals surface area contributed by atoms with Gasteiger partial charge in [0.2, 0.25) is 0 Å². The first-order valence-electron chi connectivity index (χ1n) is 7.72. The van der Waals surface area contributed by atoms with Crippen molar-refractivity contribution in [1.29, 1.82) is 0 Å². The van der Waals surface area contributed by atoms with Gasteiger partial charge < -0.3 is 0 Å². The second-order valence-corrected chi connectivity index (χ2v) is 6.01. The first-order chi connectivity index (χ1) is 13.1. The highest BCUT2D eigenvalue weighted by Gasteiger charge is 2.73. The van der Waals surface area contributed by atoms with E-state index < -0.39 is 46.9 Å². The molecule has 0 N–H and O–H groups in total. The molecule has 0 aliphatic heterocycles. The molecule has 0 aliphatic rings. The van der Waals surface area contributed by atoms with E-state index >= 15 is 0 Å². The fourth-order valence-corrected chi connectivity index (χ4v) is 2.51. The number of alkyl halides is 10. The molecule has 0 atom stereocenters. The number of benzene rings is 2. The van der Waals surface area contributed by atoms with E-state index in [0.29, 0.717) is 11.6 Å². The van der Waals surface area contributed by atoms with Gasteiger partial charge in [-0.05, 0) is 11.6 Å². The third-order valence-corrected chi connectivity index (χ3v) is 3.97. The lowest BCUT2D eigenvalue weighted by Gasteiger charge is -2.32. The minimum Gasteiger partial charge on any atom is -0.275 e. The van der Waals surface area contributed by atoms with Crippen LogP contribution >= 0.6 is 0 Å². The summed E-state index contributed by atoms with van der Waals surface area (Å²) < 4.78 is 131. The molecule has 2 radical (unpaired) electrons. The van der Waals surface area contributed by atoms with Crippen LogP contribution in [0.1, 0.15) is 16.7 Å². The van der Waals surface area contributed by atoms with Crippen molar-refractivity contribution in [2.75, 3.05) is 0 Å². The van der Waals surface area contributed by atoms with Gasteiger partial charge in [0, 0.05) is 5.56 Å². The second-order valence-electron chi connectivity index (χ2n) is 6.01. The molecule has 29 heavy (non-hydrogen) atoms. The molecular weight excluding hydrogens is 417 g/mol. The zero-order chi connectivity index (χ0) is 22.3. The summed E-state index contributed by atoms with van der Waals surface area (Å²) in [5.74, 6) is 0. The van der Waals surface area contributed by atoms with E-state index in [2.05, 4.69) is 6.58 Å². The van der Waals surface area contributed by atoms with Crippen LogP contribution < -0.4 is 10.9 Å². The van der Waals surface area contributed by atoms with Crippen molar-refractivity contribution in [1.82, 2.24) is 0 Å². The van der Waals surface area contributed by atoms with Gasteiger partial charge in [-0.2, -0.15) is 39.5 Å². The van der Waals surface area contributed by atoms with Gasteiger partial charge in [-0.1, -0.05) is 36.9 Å². The van der Waals surface area contributed by atoms with Gasteiger partial charge in [0.05, 0.1) is 5.56 Å². The topological polar surface area (TPSA) is 0 Å². The van der Waals surface area contributed by atoms with Crippen LogP contribution in [0.25, 0.3) is 6.08 Å². The summed E-state index contributed by atoms with van der Waals surface area (Å²) in [6.45, 7) is 3.48. The molecule has 0 bridgehead atoms. The average molecular weight is 427 g/mol. The van der Waals surface area contributed by atoms with Gasteiger partial charge in [-0.25, -0.2) is 4.39 Å². The molecule has 0 amide bonds. The lowest BCUT2D eigenvalue weighted by Crippen LogP contribution is -2.51. The van der Waals surface area contributed by atoms with Crippen molar-refractivity contribution in [2.24, 2.45) is 0 Å². The summed E-state index contributed by atoms with van der Waals surface area (Å²) in [6.07, 6.45) is -16.9. The van der Waals surface area contributed by atoms with Crippen LogP contribution in [0.3, 0.4) is 0 Å². The van der Waals surface area contributed by atoms with Crippen LogP contribution in [0, 0.1) is 0 Å². The summed E-state index contributed by atoms with van der Waals surface area (Å²) in [6, 6.07) is 5.59. The normalized spacial score (nSPS) is 13.4. The van der Waals surface area contributed by atoms with Crippen LogP contribution in [0.4, 0.5) is 43.9 Å². The molecule has 11 heteroatoms. The lowest BCUT2D eigenvalue weighted by molar-refractivity contribution is -0.348. The Hall–Kier alpha value is -2.46. The average Bonchev–Trinajstić information content (AvgIpc) is 2.58. The van der Waals surface area contributed by atoms with Gasteiger partial charge in [-0.15, -0.1) is 12.1 Å². The van der Waals surface area contributed by atoms with Crippen molar-refractivity contribution < 1.29 is 43.9 Å². The highest BCUT2D eigenvalue weighted by molar-refractivity contribution is 6.67.